The first kappa shape index (κ1) is 16.1. The van der Waals surface area contributed by atoms with E-state index in [1.807, 2.05) is 31.4 Å². The zero-order valence-electron chi connectivity index (χ0n) is 12.4. The third-order valence-corrected chi connectivity index (χ3v) is 3.82. The largest absolute Gasteiger partial charge is 0.467 e. The second-order valence-corrected chi connectivity index (χ2v) is 6.39. The third-order valence-electron chi connectivity index (χ3n) is 3.39. The van der Waals surface area contributed by atoms with Gasteiger partial charge in [-0.2, -0.15) is 0 Å². The Morgan fingerprint density at radius 3 is 2.52 bits per heavy atom. The van der Waals surface area contributed by atoms with Crippen LogP contribution in [0.2, 0.25) is 5.02 Å². The van der Waals surface area contributed by atoms with Crippen molar-refractivity contribution in [1.82, 2.24) is 9.55 Å². The minimum Gasteiger partial charge on any atom is -0.467 e. The van der Waals surface area contributed by atoms with Crippen LogP contribution >= 0.6 is 23.2 Å². The van der Waals surface area contributed by atoms with Crippen LogP contribution in [0.4, 0.5) is 0 Å². The van der Waals surface area contributed by atoms with Crippen molar-refractivity contribution in [3.8, 4) is 0 Å². The Morgan fingerprint density at radius 2 is 2.00 bits per heavy atom. The van der Waals surface area contributed by atoms with Gasteiger partial charge in [0.1, 0.15) is 11.9 Å². The highest BCUT2D eigenvalue weighted by Crippen LogP contribution is 2.33. The monoisotopic (exact) mass is 328 g/mol. The molecule has 2 aromatic rings. The topological polar surface area (TPSA) is 44.1 Å². The predicted octanol–water partition coefficient (Wildman–Crippen LogP) is 4.36. The molecule has 0 saturated carbocycles. The van der Waals surface area contributed by atoms with Crippen LogP contribution in [0.15, 0.2) is 18.2 Å². The summed E-state index contributed by atoms with van der Waals surface area (Å²) in [7, 11) is 1.38. The van der Waals surface area contributed by atoms with E-state index in [-0.39, 0.29) is 17.3 Å². The fraction of sp³-hybridized carbons (Fsp3) is 0.467. The van der Waals surface area contributed by atoms with Gasteiger partial charge in [-0.3, -0.25) is 0 Å². The van der Waals surface area contributed by atoms with Gasteiger partial charge in [-0.15, -0.1) is 11.6 Å². The molecule has 0 saturated heterocycles. The summed E-state index contributed by atoms with van der Waals surface area (Å²) in [5.74, 6) is 0.351. The van der Waals surface area contributed by atoms with Crippen molar-refractivity contribution in [3.05, 3.63) is 29.0 Å². The lowest BCUT2D eigenvalue weighted by Gasteiger charge is -2.23. The Labute approximate surface area is 134 Å². The molecule has 114 valence electrons. The van der Waals surface area contributed by atoms with E-state index in [1.165, 1.54) is 7.11 Å². The van der Waals surface area contributed by atoms with E-state index in [9.17, 15) is 4.79 Å². The van der Waals surface area contributed by atoms with Gasteiger partial charge in [-0.1, -0.05) is 25.4 Å². The SMILES string of the molecule is COC(=O)C(C(C)C)n1c(C(C)Cl)nc2ccc(Cl)cc21. The molecule has 2 unspecified atom stereocenters. The quantitative estimate of drug-likeness (QED) is 0.618. The molecule has 0 aliphatic carbocycles. The van der Waals surface area contributed by atoms with E-state index in [0.717, 1.165) is 11.0 Å². The maximum absolute atomic E-state index is 12.2. The number of nitrogens with zero attached hydrogens (tertiary/aromatic N) is 2. The van der Waals surface area contributed by atoms with E-state index in [4.69, 9.17) is 27.9 Å². The second-order valence-electron chi connectivity index (χ2n) is 5.30. The summed E-state index contributed by atoms with van der Waals surface area (Å²) in [6.45, 7) is 5.75. The number of rotatable bonds is 4. The number of fused-ring (bicyclic) bond motifs is 1. The zero-order chi connectivity index (χ0) is 15.7. The summed E-state index contributed by atoms with van der Waals surface area (Å²) in [5, 5.41) is 0.256. The van der Waals surface area contributed by atoms with E-state index in [2.05, 4.69) is 4.98 Å². The number of hydrogen-bond donors (Lipinski definition) is 0. The fourth-order valence-corrected chi connectivity index (χ4v) is 2.77. The number of alkyl halides is 1. The average molecular weight is 329 g/mol. The molecule has 0 aliphatic rings. The molecule has 21 heavy (non-hydrogen) atoms. The van der Waals surface area contributed by atoms with Gasteiger partial charge < -0.3 is 9.30 Å². The van der Waals surface area contributed by atoms with Crippen molar-refractivity contribution in [1.29, 1.82) is 0 Å². The lowest BCUT2D eigenvalue weighted by atomic mass is 10.0. The normalized spacial score (nSPS) is 14.4. The molecule has 1 aromatic heterocycles. The van der Waals surface area contributed by atoms with Crippen molar-refractivity contribution in [3.63, 3.8) is 0 Å². The first-order chi connectivity index (χ1) is 9.86. The second kappa shape index (κ2) is 6.24. The Hall–Kier alpha value is -1.26. The Kier molecular flexibility index (Phi) is 4.79. The molecule has 6 heteroatoms. The Morgan fingerprint density at radius 1 is 1.33 bits per heavy atom. The van der Waals surface area contributed by atoms with Gasteiger partial charge >= 0.3 is 5.97 Å². The summed E-state index contributed by atoms with van der Waals surface area (Å²) in [5.41, 5.74) is 1.55. The number of aromatic nitrogens is 2. The van der Waals surface area contributed by atoms with Crippen molar-refractivity contribution >= 4 is 40.2 Å². The molecule has 2 atom stereocenters. The summed E-state index contributed by atoms with van der Waals surface area (Å²) >= 11 is 12.3. The summed E-state index contributed by atoms with van der Waals surface area (Å²) in [6, 6.07) is 4.90. The standard InChI is InChI=1S/C15H18Cl2N2O2/c1-8(2)13(15(20)21-4)19-12-7-10(17)5-6-11(12)18-14(19)9(3)16/h5-9,13H,1-4H3. The van der Waals surface area contributed by atoms with Gasteiger partial charge in [0, 0.05) is 5.02 Å². The Bertz CT molecular complexity index is 665. The molecule has 0 aliphatic heterocycles. The molecule has 1 heterocycles. The first-order valence-corrected chi connectivity index (χ1v) is 7.57. The molecule has 0 spiro atoms. The van der Waals surface area contributed by atoms with Gasteiger partial charge in [-0.25, -0.2) is 9.78 Å². The molecule has 0 bridgehead atoms. The van der Waals surface area contributed by atoms with Crippen LogP contribution in [0.1, 0.15) is 38.0 Å². The van der Waals surface area contributed by atoms with E-state index >= 15 is 0 Å². The maximum atomic E-state index is 12.2. The van der Waals surface area contributed by atoms with Gasteiger partial charge in [0.25, 0.3) is 0 Å². The number of carbonyl (C=O) groups is 1. The fourth-order valence-electron chi connectivity index (χ4n) is 2.45. The molecule has 1 aromatic carbocycles. The van der Waals surface area contributed by atoms with Crippen LogP contribution in [-0.2, 0) is 9.53 Å². The minimum atomic E-state index is -0.491. The molecular weight excluding hydrogens is 311 g/mol. The number of halogens is 2. The highest BCUT2D eigenvalue weighted by molar-refractivity contribution is 6.31. The molecule has 0 amide bonds. The summed E-state index contributed by atoms with van der Waals surface area (Å²) < 4.78 is 6.79. The first-order valence-electron chi connectivity index (χ1n) is 6.76. The van der Waals surface area contributed by atoms with Gasteiger partial charge in [0.2, 0.25) is 0 Å². The number of esters is 1. The van der Waals surface area contributed by atoms with Crippen LogP contribution in [-0.4, -0.2) is 22.6 Å². The van der Waals surface area contributed by atoms with Crippen LogP contribution in [0.5, 0.6) is 0 Å². The summed E-state index contributed by atoms with van der Waals surface area (Å²) in [4.78, 5) is 16.7. The van der Waals surface area contributed by atoms with E-state index < -0.39 is 6.04 Å². The number of carbonyl (C=O) groups excluding carboxylic acids is 1. The molecular formula is C15H18Cl2N2O2. The van der Waals surface area contributed by atoms with Gasteiger partial charge in [0.05, 0.1) is 23.5 Å². The summed E-state index contributed by atoms with van der Waals surface area (Å²) in [6.07, 6.45) is 0. The third kappa shape index (κ3) is 3.01. The molecule has 0 fully saturated rings. The molecule has 0 N–H and O–H groups in total. The van der Waals surface area contributed by atoms with E-state index in [0.29, 0.717) is 10.8 Å². The number of hydrogen-bond acceptors (Lipinski definition) is 3. The highest BCUT2D eigenvalue weighted by atomic mass is 35.5. The number of benzene rings is 1. The van der Waals surface area contributed by atoms with E-state index in [1.54, 1.807) is 12.1 Å². The Balaban J connectivity index is 2.76. The molecule has 2 rings (SSSR count). The lowest BCUT2D eigenvalue weighted by molar-refractivity contribution is -0.146. The molecule has 4 nitrogen and oxygen atoms in total. The number of methoxy groups -OCH3 is 1. The zero-order valence-corrected chi connectivity index (χ0v) is 13.9. The van der Waals surface area contributed by atoms with Crippen LogP contribution < -0.4 is 0 Å². The van der Waals surface area contributed by atoms with Crippen molar-refractivity contribution < 1.29 is 9.53 Å². The van der Waals surface area contributed by atoms with Gasteiger partial charge in [-0.05, 0) is 31.0 Å². The lowest BCUT2D eigenvalue weighted by Crippen LogP contribution is -2.27. The van der Waals surface area contributed by atoms with Crippen LogP contribution in [0.3, 0.4) is 0 Å². The van der Waals surface area contributed by atoms with Crippen molar-refractivity contribution in [2.24, 2.45) is 5.92 Å². The van der Waals surface area contributed by atoms with Gasteiger partial charge in [0.15, 0.2) is 0 Å². The highest BCUT2D eigenvalue weighted by Gasteiger charge is 2.30. The van der Waals surface area contributed by atoms with Crippen molar-refractivity contribution in [2.75, 3.05) is 7.11 Å². The molecule has 0 radical (unpaired) electrons. The maximum Gasteiger partial charge on any atom is 0.329 e. The van der Waals surface area contributed by atoms with Crippen LogP contribution in [0, 0.1) is 5.92 Å². The number of ether oxygens (including phenoxy) is 1. The predicted molar refractivity (Wildman–Crippen MR) is 84.9 cm³/mol. The van der Waals surface area contributed by atoms with Crippen molar-refractivity contribution in [2.45, 2.75) is 32.2 Å². The smallest absolute Gasteiger partial charge is 0.329 e. The van der Waals surface area contributed by atoms with Crippen LogP contribution in [0.25, 0.3) is 11.0 Å². The number of imidazole rings is 1. The minimum absolute atomic E-state index is 0.0306. The average Bonchev–Trinajstić information content (AvgIpc) is 2.77.